The minimum Gasteiger partial charge on any atom is -0.468 e. The molecule has 2 heterocycles. The van der Waals surface area contributed by atoms with Gasteiger partial charge in [-0.1, -0.05) is 0 Å². The average Bonchev–Trinajstić information content (AvgIpc) is 2.47. The number of hydrogen-bond acceptors (Lipinski definition) is 5. The zero-order valence-electron chi connectivity index (χ0n) is 11.2. The molecule has 1 amide bonds. The highest BCUT2D eigenvalue weighted by atomic mass is 79.9. The molecule has 0 N–H and O–H groups in total. The van der Waals surface area contributed by atoms with Crippen LogP contribution in [0.2, 0.25) is 0 Å². The first-order chi connectivity index (χ1) is 9.60. The molecule has 108 valence electrons. The van der Waals surface area contributed by atoms with Crippen molar-refractivity contribution in [1.82, 2.24) is 14.8 Å². The molecular formula is C13H16BrN3O3. The summed E-state index contributed by atoms with van der Waals surface area (Å²) >= 11 is 3.31. The van der Waals surface area contributed by atoms with Gasteiger partial charge in [-0.25, -0.2) is 0 Å². The number of carbonyl (C=O) groups is 2. The van der Waals surface area contributed by atoms with Crippen molar-refractivity contribution in [2.45, 2.75) is 0 Å². The summed E-state index contributed by atoms with van der Waals surface area (Å²) < 4.78 is 5.42. The number of pyridine rings is 1. The Morgan fingerprint density at radius 1 is 1.30 bits per heavy atom. The molecular weight excluding hydrogens is 326 g/mol. The van der Waals surface area contributed by atoms with E-state index in [1.807, 2.05) is 4.90 Å². The third-order valence-electron chi connectivity index (χ3n) is 3.19. The Morgan fingerprint density at radius 2 is 2.00 bits per heavy atom. The van der Waals surface area contributed by atoms with Crippen LogP contribution < -0.4 is 0 Å². The number of halogens is 1. The summed E-state index contributed by atoms with van der Waals surface area (Å²) in [5.74, 6) is -0.280. The Kier molecular flexibility index (Phi) is 5.08. The van der Waals surface area contributed by atoms with Crippen molar-refractivity contribution < 1.29 is 14.3 Å². The number of aromatic nitrogens is 1. The number of amides is 1. The molecule has 1 fully saturated rings. The van der Waals surface area contributed by atoms with Gasteiger partial charge in [-0.3, -0.25) is 19.5 Å². The lowest BCUT2D eigenvalue weighted by atomic mass is 10.2. The summed E-state index contributed by atoms with van der Waals surface area (Å²) in [7, 11) is 1.38. The molecule has 0 radical (unpaired) electrons. The number of rotatable bonds is 3. The molecule has 7 heteroatoms. The number of carbonyl (C=O) groups excluding carboxylic acids is 2. The van der Waals surface area contributed by atoms with Crippen LogP contribution in [0.1, 0.15) is 10.4 Å². The monoisotopic (exact) mass is 341 g/mol. The van der Waals surface area contributed by atoms with Crippen LogP contribution in [0.25, 0.3) is 0 Å². The fraction of sp³-hybridized carbons (Fsp3) is 0.462. The standard InChI is InChI=1S/C13H16BrN3O3/c1-20-12(18)9-16-2-4-17(5-3-16)13(19)10-6-11(14)8-15-7-10/h6-8H,2-5,9H2,1H3. The van der Waals surface area contributed by atoms with Gasteiger partial charge in [-0.2, -0.15) is 0 Å². The van der Waals surface area contributed by atoms with E-state index in [-0.39, 0.29) is 18.4 Å². The quantitative estimate of drug-likeness (QED) is 0.760. The number of ether oxygens (including phenoxy) is 1. The minimum atomic E-state index is -0.249. The molecule has 0 spiro atoms. The van der Waals surface area contributed by atoms with Crippen molar-refractivity contribution >= 4 is 27.8 Å². The zero-order valence-corrected chi connectivity index (χ0v) is 12.8. The van der Waals surface area contributed by atoms with Crippen LogP contribution in [0.15, 0.2) is 22.9 Å². The lowest BCUT2D eigenvalue weighted by Crippen LogP contribution is -2.50. The lowest BCUT2D eigenvalue weighted by molar-refractivity contribution is -0.142. The maximum absolute atomic E-state index is 12.3. The van der Waals surface area contributed by atoms with Crippen molar-refractivity contribution in [3.63, 3.8) is 0 Å². The van der Waals surface area contributed by atoms with Gasteiger partial charge in [0.05, 0.1) is 19.2 Å². The van der Waals surface area contributed by atoms with Crippen LogP contribution in [0.4, 0.5) is 0 Å². The summed E-state index contributed by atoms with van der Waals surface area (Å²) in [6, 6.07) is 1.76. The van der Waals surface area contributed by atoms with Crippen molar-refractivity contribution in [1.29, 1.82) is 0 Å². The highest BCUT2D eigenvalue weighted by Gasteiger charge is 2.23. The summed E-state index contributed by atoms with van der Waals surface area (Å²) in [6.45, 7) is 2.81. The first-order valence-electron chi connectivity index (χ1n) is 6.29. The molecule has 6 nitrogen and oxygen atoms in total. The van der Waals surface area contributed by atoms with E-state index in [0.29, 0.717) is 31.7 Å². The van der Waals surface area contributed by atoms with Crippen molar-refractivity contribution in [3.8, 4) is 0 Å². The molecule has 0 aliphatic carbocycles. The average molecular weight is 342 g/mol. The topological polar surface area (TPSA) is 62.7 Å². The predicted octanol–water partition coefficient (Wildman–Crippen LogP) is 0.775. The Morgan fingerprint density at radius 3 is 2.60 bits per heavy atom. The molecule has 2 rings (SSSR count). The molecule has 0 saturated carbocycles. The Bertz CT molecular complexity index is 501. The predicted molar refractivity (Wildman–Crippen MR) is 76.3 cm³/mol. The molecule has 0 bridgehead atoms. The van der Waals surface area contributed by atoms with Gasteiger partial charge in [-0.15, -0.1) is 0 Å². The van der Waals surface area contributed by atoms with E-state index in [4.69, 9.17) is 0 Å². The van der Waals surface area contributed by atoms with Crippen LogP contribution in [0.3, 0.4) is 0 Å². The maximum Gasteiger partial charge on any atom is 0.319 e. The minimum absolute atomic E-state index is 0.0310. The van der Waals surface area contributed by atoms with Gasteiger partial charge in [0.1, 0.15) is 0 Å². The van der Waals surface area contributed by atoms with E-state index in [0.717, 1.165) is 4.47 Å². The normalized spacial score (nSPS) is 16.0. The number of hydrogen-bond donors (Lipinski definition) is 0. The van der Waals surface area contributed by atoms with Crippen LogP contribution in [-0.4, -0.2) is 66.5 Å². The summed E-state index contributed by atoms with van der Waals surface area (Å²) in [5.41, 5.74) is 0.570. The van der Waals surface area contributed by atoms with E-state index in [9.17, 15) is 9.59 Å². The summed E-state index contributed by atoms with van der Waals surface area (Å²) in [5, 5.41) is 0. The van der Waals surface area contributed by atoms with Crippen molar-refractivity contribution in [2.24, 2.45) is 0 Å². The largest absolute Gasteiger partial charge is 0.468 e. The molecule has 20 heavy (non-hydrogen) atoms. The summed E-state index contributed by atoms with van der Waals surface area (Å²) in [4.78, 5) is 31.2. The number of piperazine rings is 1. The molecule has 1 aliphatic rings. The second-order valence-electron chi connectivity index (χ2n) is 4.54. The zero-order chi connectivity index (χ0) is 14.5. The molecule has 1 aliphatic heterocycles. The molecule has 0 aromatic carbocycles. The van der Waals surface area contributed by atoms with Gasteiger partial charge in [0.2, 0.25) is 0 Å². The maximum atomic E-state index is 12.3. The second kappa shape index (κ2) is 6.81. The van der Waals surface area contributed by atoms with Gasteiger partial charge in [0.25, 0.3) is 5.91 Å². The van der Waals surface area contributed by atoms with Crippen LogP contribution in [-0.2, 0) is 9.53 Å². The fourth-order valence-electron chi connectivity index (χ4n) is 2.07. The van der Waals surface area contributed by atoms with Crippen molar-refractivity contribution in [2.75, 3.05) is 39.8 Å². The molecule has 1 saturated heterocycles. The van der Waals surface area contributed by atoms with E-state index >= 15 is 0 Å². The Hall–Kier alpha value is -1.47. The third-order valence-corrected chi connectivity index (χ3v) is 3.63. The fourth-order valence-corrected chi connectivity index (χ4v) is 2.43. The van der Waals surface area contributed by atoms with Gasteiger partial charge >= 0.3 is 5.97 Å². The first kappa shape index (κ1) is 14.9. The van der Waals surface area contributed by atoms with Gasteiger partial charge in [-0.05, 0) is 22.0 Å². The first-order valence-corrected chi connectivity index (χ1v) is 7.08. The highest BCUT2D eigenvalue weighted by Crippen LogP contribution is 2.13. The second-order valence-corrected chi connectivity index (χ2v) is 5.45. The van der Waals surface area contributed by atoms with E-state index < -0.39 is 0 Å². The van der Waals surface area contributed by atoms with Crippen LogP contribution in [0, 0.1) is 0 Å². The third kappa shape index (κ3) is 3.77. The Labute approximate surface area is 125 Å². The SMILES string of the molecule is COC(=O)CN1CCN(C(=O)c2cncc(Br)c2)CC1. The number of methoxy groups -OCH3 is 1. The molecule has 0 unspecified atom stereocenters. The summed E-state index contributed by atoms with van der Waals surface area (Å²) in [6.07, 6.45) is 3.21. The van der Waals surface area contributed by atoms with E-state index in [1.165, 1.54) is 7.11 Å². The molecule has 1 aromatic rings. The smallest absolute Gasteiger partial charge is 0.319 e. The molecule has 1 aromatic heterocycles. The van der Waals surface area contributed by atoms with Gasteiger partial charge in [0.15, 0.2) is 0 Å². The van der Waals surface area contributed by atoms with Gasteiger partial charge < -0.3 is 9.64 Å². The highest BCUT2D eigenvalue weighted by molar-refractivity contribution is 9.10. The number of nitrogens with zero attached hydrogens (tertiary/aromatic N) is 3. The van der Waals surface area contributed by atoms with Gasteiger partial charge in [0, 0.05) is 43.0 Å². The van der Waals surface area contributed by atoms with Crippen molar-refractivity contribution in [3.05, 3.63) is 28.5 Å². The lowest BCUT2D eigenvalue weighted by Gasteiger charge is -2.34. The molecule has 0 atom stereocenters. The Balaban J connectivity index is 1.90. The van der Waals surface area contributed by atoms with Crippen LogP contribution in [0.5, 0.6) is 0 Å². The van der Waals surface area contributed by atoms with E-state index in [2.05, 4.69) is 25.7 Å². The van der Waals surface area contributed by atoms with Crippen LogP contribution >= 0.6 is 15.9 Å². The number of esters is 1. The van der Waals surface area contributed by atoms with E-state index in [1.54, 1.807) is 23.4 Å².